The molecule has 1 aliphatic carbocycles. The Morgan fingerprint density at radius 1 is 1.24 bits per heavy atom. The number of likely N-dealkylation sites (tertiary alicyclic amines) is 1. The summed E-state index contributed by atoms with van der Waals surface area (Å²) in [5.41, 5.74) is 0. The number of rotatable bonds is 2. The maximum Gasteiger partial charge on any atom is 0.279 e. The van der Waals surface area contributed by atoms with Crippen molar-refractivity contribution in [2.24, 2.45) is 5.92 Å². The number of piperidine rings is 1. The lowest BCUT2D eigenvalue weighted by atomic mass is 9.87. The van der Waals surface area contributed by atoms with Gasteiger partial charge in [-0.2, -0.15) is 0 Å². The molecule has 5 nitrogen and oxygen atoms in total. The molecule has 0 unspecified atom stereocenters. The molecule has 118 valence electrons. The lowest BCUT2D eigenvalue weighted by Gasteiger charge is -2.38. The number of carbonyl (C=O) groups is 2. The van der Waals surface area contributed by atoms with Crippen molar-refractivity contribution in [1.82, 2.24) is 10.2 Å². The number of fused-ring (bicyclic) bond motifs is 1. The third kappa shape index (κ3) is 3.39. The number of nitrogens with one attached hydrogen (secondary N) is 1. The monoisotopic (exact) mass is 294 g/mol. The predicted molar refractivity (Wildman–Crippen MR) is 79.5 cm³/mol. The van der Waals surface area contributed by atoms with E-state index in [1.165, 1.54) is 12.8 Å². The fraction of sp³-hybridized carbons (Fsp3) is 0.875. The van der Waals surface area contributed by atoms with Crippen molar-refractivity contribution in [3.8, 4) is 0 Å². The fourth-order valence-corrected chi connectivity index (χ4v) is 3.98. The summed E-state index contributed by atoms with van der Waals surface area (Å²) in [6.45, 7) is 3.97. The zero-order valence-electron chi connectivity index (χ0n) is 13.0. The third-order valence-electron chi connectivity index (χ3n) is 5.49. The third-order valence-corrected chi connectivity index (χ3v) is 5.49. The molecule has 0 bridgehead atoms. The Bertz CT molecular complexity index is 404. The largest absolute Gasteiger partial charge is 0.342 e. The van der Waals surface area contributed by atoms with Crippen molar-refractivity contribution in [2.75, 3.05) is 13.1 Å². The second kappa shape index (κ2) is 6.34. The van der Waals surface area contributed by atoms with E-state index in [-0.39, 0.29) is 17.9 Å². The van der Waals surface area contributed by atoms with Crippen molar-refractivity contribution in [2.45, 2.75) is 70.0 Å². The van der Waals surface area contributed by atoms with Gasteiger partial charge in [-0.3, -0.25) is 9.59 Å². The van der Waals surface area contributed by atoms with Crippen LogP contribution in [0.25, 0.3) is 0 Å². The van der Waals surface area contributed by atoms with Gasteiger partial charge >= 0.3 is 0 Å². The molecular formula is C16H28N3O2+. The Balaban J connectivity index is 1.54. The van der Waals surface area contributed by atoms with Gasteiger partial charge in [0.05, 0.1) is 12.5 Å². The molecule has 5 heteroatoms. The van der Waals surface area contributed by atoms with Gasteiger partial charge in [0.25, 0.3) is 5.91 Å². The van der Waals surface area contributed by atoms with Crippen LogP contribution in [0.5, 0.6) is 0 Å². The first kappa shape index (κ1) is 14.8. The highest BCUT2D eigenvalue weighted by atomic mass is 16.2. The molecule has 2 aliphatic heterocycles. The van der Waals surface area contributed by atoms with Crippen LogP contribution in [0.4, 0.5) is 0 Å². The fourth-order valence-electron chi connectivity index (χ4n) is 3.98. The van der Waals surface area contributed by atoms with Gasteiger partial charge in [0.15, 0.2) is 6.04 Å². The van der Waals surface area contributed by atoms with Crippen molar-refractivity contribution >= 4 is 11.8 Å². The summed E-state index contributed by atoms with van der Waals surface area (Å²) in [5, 5.41) is 5.32. The average Bonchev–Trinajstić information content (AvgIpc) is 2.48. The molecule has 3 aliphatic rings. The highest BCUT2D eigenvalue weighted by molar-refractivity contribution is 5.87. The van der Waals surface area contributed by atoms with Gasteiger partial charge in [-0.25, -0.2) is 0 Å². The number of nitrogens with zero attached hydrogens (tertiary/aromatic N) is 1. The van der Waals surface area contributed by atoms with E-state index >= 15 is 0 Å². The van der Waals surface area contributed by atoms with Gasteiger partial charge in [-0.05, 0) is 31.6 Å². The molecule has 3 rings (SSSR count). The molecule has 1 saturated carbocycles. The first-order chi connectivity index (χ1) is 10.1. The molecule has 3 atom stereocenters. The van der Waals surface area contributed by atoms with Crippen LogP contribution >= 0.6 is 0 Å². The summed E-state index contributed by atoms with van der Waals surface area (Å²) >= 11 is 0. The first-order valence-corrected chi connectivity index (χ1v) is 8.56. The molecule has 0 aromatic heterocycles. The summed E-state index contributed by atoms with van der Waals surface area (Å²) in [7, 11) is 0. The quantitative estimate of drug-likeness (QED) is 0.753. The smallest absolute Gasteiger partial charge is 0.279 e. The normalized spacial score (nSPS) is 34.2. The summed E-state index contributed by atoms with van der Waals surface area (Å²) in [6.07, 6.45) is 7.27. The molecule has 0 aromatic carbocycles. The predicted octanol–water partition coefficient (Wildman–Crippen LogP) is 0.00800. The minimum absolute atomic E-state index is 0.0666. The SMILES string of the molecule is CC1CCN(C(=O)C[C@@H]2[NH2+][C@@H]3CCCC[C@@H]3NC2=O)CC1. The van der Waals surface area contributed by atoms with Crippen molar-refractivity contribution in [3.63, 3.8) is 0 Å². The Morgan fingerprint density at radius 2 is 1.95 bits per heavy atom. The lowest BCUT2D eigenvalue weighted by molar-refractivity contribution is -0.718. The van der Waals surface area contributed by atoms with Crippen LogP contribution in [0.1, 0.15) is 51.9 Å². The van der Waals surface area contributed by atoms with E-state index in [4.69, 9.17) is 0 Å². The van der Waals surface area contributed by atoms with Gasteiger partial charge in [0.2, 0.25) is 5.91 Å². The molecule has 2 amide bonds. The molecule has 0 radical (unpaired) electrons. The van der Waals surface area contributed by atoms with Gasteiger partial charge in [0.1, 0.15) is 6.04 Å². The molecule has 2 heterocycles. The van der Waals surface area contributed by atoms with E-state index in [1.54, 1.807) is 0 Å². The Labute approximate surface area is 126 Å². The van der Waals surface area contributed by atoms with E-state index in [2.05, 4.69) is 17.6 Å². The van der Waals surface area contributed by atoms with E-state index in [0.717, 1.165) is 44.7 Å². The zero-order chi connectivity index (χ0) is 14.8. The standard InChI is InChI=1S/C16H27N3O2/c1-11-6-8-19(9-7-11)15(20)10-14-16(21)18-13-5-3-2-4-12(13)17-14/h11-14,17H,2-10H2,1H3,(H,18,21)/p+1/t12-,13+,14+/m1/s1. The highest BCUT2D eigenvalue weighted by Crippen LogP contribution is 2.20. The summed E-state index contributed by atoms with van der Waals surface area (Å²) in [6, 6.07) is 0.597. The van der Waals surface area contributed by atoms with E-state index in [1.807, 2.05) is 4.90 Å². The lowest BCUT2D eigenvalue weighted by Crippen LogP contribution is -3.03. The summed E-state index contributed by atoms with van der Waals surface area (Å²) < 4.78 is 0. The minimum Gasteiger partial charge on any atom is -0.342 e. The number of nitrogens with two attached hydrogens (primary N) is 1. The van der Waals surface area contributed by atoms with Crippen LogP contribution in [-0.4, -0.2) is 47.9 Å². The molecular weight excluding hydrogens is 266 g/mol. The molecule has 2 saturated heterocycles. The van der Waals surface area contributed by atoms with Gasteiger partial charge in [-0.1, -0.05) is 13.3 Å². The summed E-state index contributed by atoms with van der Waals surface area (Å²) in [4.78, 5) is 26.6. The van der Waals surface area contributed by atoms with E-state index < -0.39 is 0 Å². The molecule has 3 N–H and O–H groups in total. The number of piperazine rings is 1. The second-order valence-electron chi connectivity index (χ2n) is 7.13. The van der Waals surface area contributed by atoms with Crippen LogP contribution in [0.2, 0.25) is 0 Å². The molecule has 0 spiro atoms. The maximum atomic E-state index is 12.4. The van der Waals surface area contributed by atoms with Crippen LogP contribution in [0.3, 0.4) is 0 Å². The van der Waals surface area contributed by atoms with Gasteiger partial charge in [0, 0.05) is 19.5 Å². The van der Waals surface area contributed by atoms with Gasteiger partial charge < -0.3 is 15.5 Å². The number of amides is 2. The van der Waals surface area contributed by atoms with Crippen LogP contribution in [0, 0.1) is 5.92 Å². The molecule has 21 heavy (non-hydrogen) atoms. The number of hydrogen-bond donors (Lipinski definition) is 2. The van der Waals surface area contributed by atoms with Crippen LogP contribution in [-0.2, 0) is 9.59 Å². The average molecular weight is 294 g/mol. The first-order valence-electron chi connectivity index (χ1n) is 8.56. The Hall–Kier alpha value is -1.10. The van der Waals surface area contributed by atoms with Crippen molar-refractivity contribution in [3.05, 3.63) is 0 Å². The topological polar surface area (TPSA) is 66.0 Å². The van der Waals surface area contributed by atoms with Crippen molar-refractivity contribution < 1.29 is 14.9 Å². The molecule has 3 fully saturated rings. The number of hydrogen-bond acceptors (Lipinski definition) is 2. The van der Waals surface area contributed by atoms with E-state index in [9.17, 15) is 9.59 Å². The minimum atomic E-state index is -0.212. The maximum absolute atomic E-state index is 12.4. The second-order valence-corrected chi connectivity index (χ2v) is 7.13. The van der Waals surface area contributed by atoms with Crippen LogP contribution in [0.15, 0.2) is 0 Å². The number of quaternary nitrogens is 1. The zero-order valence-corrected chi connectivity index (χ0v) is 13.0. The number of carbonyl (C=O) groups excluding carboxylic acids is 2. The summed E-state index contributed by atoms with van der Waals surface area (Å²) in [5.74, 6) is 0.950. The van der Waals surface area contributed by atoms with Gasteiger partial charge in [-0.15, -0.1) is 0 Å². The van der Waals surface area contributed by atoms with Crippen molar-refractivity contribution in [1.29, 1.82) is 0 Å². The van der Waals surface area contributed by atoms with Crippen LogP contribution < -0.4 is 10.6 Å². The highest BCUT2D eigenvalue weighted by Gasteiger charge is 2.41. The Kier molecular flexibility index (Phi) is 4.48. The van der Waals surface area contributed by atoms with E-state index in [0.29, 0.717) is 18.5 Å². The Morgan fingerprint density at radius 3 is 2.71 bits per heavy atom. The molecule has 0 aromatic rings.